The van der Waals surface area contributed by atoms with Crippen LogP contribution in [-0.2, 0) is 0 Å². The van der Waals surface area contributed by atoms with Gasteiger partial charge in [0.25, 0.3) is 0 Å². The fourth-order valence-electron chi connectivity index (χ4n) is 2.99. The summed E-state index contributed by atoms with van der Waals surface area (Å²) < 4.78 is 7.23. The number of ether oxygens (including phenoxy) is 1. The summed E-state index contributed by atoms with van der Waals surface area (Å²) in [6.07, 6.45) is 0. The van der Waals surface area contributed by atoms with Crippen molar-refractivity contribution in [1.29, 1.82) is 0 Å². The molecular formula is C19H16N2O. The van der Waals surface area contributed by atoms with E-state index in [1.165, 1.54) is 16.5 Å². The molecule has 0 spiro atoms. The second kappa shape index (κ2) is 4.88. The molecule has 0 saturated heterocycles. The predicted octanol–water partition coefficient (Wildman–Crippen LogP) is 4.45. The van der Waals surface area contributed by atoms with Crippen molar-refractivity contribution < 1.29 is 4.74 Å². The molecule has 0 amide bonds. The molecule has 2 aromatic rings. The van der Waals surface area contributed by atoms with Crippen molar-refractivity contribution in [2.24, 2.45) is 0 Å². The van der Waals surface area contributed by atoms with Crippen LogP contribution in [0.3, 0.4) is 0 Å². The Hall–Kier alpha value is -2.81. The van der Waals surface area contributed by atoms with Crippen molar-refractivity contribution in [2.45, 2.75) is 6.92 Å². The van der Waals surface area contributed by atoms with Crippen molar-refractivity contribution in [1.82, 2.24) is 9.78 Å². The number of aromatic nitrogens is 2. The van der Waals surface area contributed by atoms with Crippen LogP contribution in [-0.4, -0.2) is 16.9 Å². The maximum atomic E-state index is 5.23. The average molecular weight is 288 g/mol. The van der Waals surface area contributed by atoms with Crippen molar-refractivity contribution in [3.8, 4) is 22.6 Å². The summed E-state index contributed by atoms with van der Waals surface area (Å²) in [5.74, 6) is 0.851. The number of fused-ring (bicyclic) bond motifs is 3. The van der Waals surface area contributed by atoms with Crippen molar-refractivity contribution in [3.05, 3.63) is 66.4 Å². The number of hydrogen-bond donors (Lipinski definition) is 0. The minimum absolute atomic E-state index is 0.851. The number of methoxy groups -OCH3 is 1. The van der Waals surface area contributed by atoms with Gasteiger partial charge in [-0.25, -0.2) is 4.68 Å². The molecule has 3 nitrogen and oxygen atoms in total. The summed E-state index contributed by atoms with van der Waals surface area (Å²) >= 11 is 0. The summed E-state index contributed by atoms with van der Waals surface area (Å²) in [7, 11) is 1.68. The summed E-state index contributed by atoms with van der Waals surface area (Å²) in [5.41, 5.74) is 5.72. The van der Waals surface area contributed by atoms with Gasteiger partial charge in [-0.15, -0.1) is 0 Å². The molecule has 0 fully saturated rings. The monoisotopic (exact) mass is 288 g/mol. The summed E-state index contributed by atoms with van der Waals surface area (Å²) in [6, 6.07) is 20.7. The molecule has 108 valence electrons. The van der Waals surface area contributed by atoms with Crippen LogP contribution in [0.4, 0.5) is 0 Å². The van der Waals surface area contributed by atoms with Crippen molar-refractivity contribution >= 4 is 10.9 Å². The molecule has 2 aliphatic rings. The third-order valence-corrected chi connectivity index (χ3v) is 4.05. The second-order valence-corrected chi connectivity index (χ2v) is 5.38. The molecule has 3 heteroatoms. The Morgan fingerprint density at radius 1 is 0.955 bits per heavy atom. The van der Waals surface area contributed by atoms with E-state index in [-0.39, 0.29) is 0 Å². The zero-order valence-corrected chi connectivity index (χ0v) is 12.6. The lowest BCUT2D eigenvalue weighted by molar-refractivity contribution is 0.414. The van der Waals surface area contributed by atoms with Crippen LogP contribution in [0.1, 0.15) is 5.69 Å². The minimum Gasteiger partial charge on any atom is -0.497 e. The van der Waals surface area contributed by atoms with E-state index in [4.69, 9.17) is 9.84 Å². The predicted molar refractivity (Wildman–Crippen MR) is 89.0 cm³/mol. The van der Waals surface area contributed by atoms with E-state index in [9.17, 15) is 0 Å². The van der Waals surface area contributed by atoms with Gasteiger partial charge in [0.2, 0.25) is 0 Å². The van der Waals surface area contributed by atoms with Crippen LogP contribution in [0.25, 0.3) is 27.7 Å². The van der Waals surface area contributed by atoms with Gasteiger partial charge >= 0.3 is 0 Å². The Morgan fingerprint density at radius 2 is 1.73 bits per heavy atom. The summed E-state index contributed by atoms with van der Waals surface area (Å²) in [4.78, 5) is 0. The first-order valence-corrected chi connectivity index (χ1v) is 7.29. The lowest BCUT2D eigenvalue weighted by Crippen LogP contribution is -1.96. The lowest BCUT2D eigenvalue weighted by atomic mass is 10.1. The fraction of sp³-hybridized carbons (Fsp3) is 0.105. The average Bonchev–Trinajstić information content (AvgIpc) is 2.96. The molecule has 22 heavy (non-hydrogen) atoms. The third-order valence-electron chi connectivity index (χ3n) is 4.05. The van der Waals surface area contributed by atoms with Crippen LogP contribution in [0, 0.1) is 6.92 Å². The quantitative estimate of drug-likeness (QED) is 0.545. The molecule has 1 aromatic heterocycles. The van der Waals surface area contributed by atoms with Crippen LogP contribution >= 0.6 is 0 Å². The van der Waals surface area contributed by atoms with Gasteiger partial charge in [0.05, 0.1) is 24.0 Å². The highest BCUT2D eigenvalue weighted by atomic mass is 16.5. The zero-order chi connectivity index (χ0) is 15.1. The molecule has 0 saturated carbocycles. The number of nitrogens with zero attached hydrogens (tertiary/aromatic N) is 2. The first-order chi connectivity index (χ1) is 10.8. The molecule has 2 aliphatic carbocycles. The SMILES string of the molecule is COc1ccc(-n2nc(C)c3c4cccccc-4cc32)cc1. The molecule has 1 aromatic carbocycles. The van der Waals surface area contributed by atoms with E-state index in [2.05, 4.69) is 43.3 Å². The molecule has 1 heterocycles. The number of aryl methyl sites for hydroxylation is 1. The lowest BCUT2D eigenvalue weighted by Gasteiger charge is -2.04. The van der Waals surface area contributed by atoms with E-state index in [1.54, 1.807) is 7.11 Å². The topological polar surface area (TPSA) is 27.1 Å². The zero-order valence-electron chi connectivity index (χ0n) is 12.6. The number of rotatable bonds is 2. The number of benzene rings is 1. The molecule has 0 unspecified atom stereocenters. The second-order valence-electron chi connectivity index (χ2n) is 5.38. The van der Waals surface area contributed by atoms with E-state index < -0.39 is 0 Å². The Balaban J connectivity index is 1.99. The van der Waals surface area contributed by atoms with E-state index in [0.717, 1.165) is 22.6 Å². The maximum absolute atomic E-state index is 5.23. The largest absolute Gasteiger partial charge is 0.497 e. The first kappa shape index (κ1) is 12.9. The Morgan fingerprint density at radius 3 is 2.50 bits per heavy atom. The van der Waals surface area contributed by atoms with E-state index in [1.807, 2.05) is 28.9 Å². The highest BCUT2D eigenvalue weighted by Crippen LogP contribution is 2.36. The third kappa shape index (κ3) is 1.86. The van der Waals surface area contributed by atoms with Crippen LogP contribution < -0.4 is 4.74 Å². The Kier molecular flexibility index (Phi) is 2.86. The minimum atomic E-state index is 0.851. The molecular weight excluding hydrogens is 272 g/mol. The molecule has 4 rings (SSSR count). The maximum Gasteiger partial charge on any atom is 0.119 e. The fourth-order valence-corrected chi connectivity index (χ4v) is 2.99. The molecule has 0 bridgehead atoms. The molecule has 0 N–H and O–H groups in total. The molecule has 0 radical (unpaired) electrons. The summed E-state index contributed by atoms with van der Waals surface area (Å²) in [5, 5.41) is 5.95. The normalized spacial score (nSPS) is 11.2. The summed E-state index contributed by atoms with van der Waals surface area (Å²) in [6.45, 7) is 2.06. The molecule has 0 aliphatic heterocycles. The van der Waals surface area contributed by atoms with Gasteiger partial charge in [0.15, 0.2) is 0 Å². The van der Waals surface area contributed by atoms with Crippen molar-refractivity contribution in [2.75, 3.05) is 7.11 Å². The van der Waals surface area contributed by atoms with Gasteiger partial charge in [-0.1, -0.05) is 30.3 Å². The van der Waals surface area contributed by atoms with Crippen LogP contribution in [0.2, 0.25) is 0 Å². The Bertz CT molecular complexity index is 922. The van der Waals surface area contributed by atoms with Gasteiger partial charge in [-0.05, 0) is 48.4 Å². The number of hydrogen-bond acceptors (Lipinski definition) is 2. The highest BCUT2D eigenvalue weighted by molar-refractivity contribution is 6.02. The smallest absolute Gasteiger partial charge is 0.119 e. The van der Waals surface area contributed by atoms with Gasteiger partial charge < -0.3 is 4.74 Å². The van der Waals surface area contributed by atoms with Gasteiger partial charge in [0, 0.05) is 5.39 Å². The van der Waals surface area contributed by atoms with Gasteiger partial charge in [-0.3, -0.25) is 0 Å². The van der Waals surface area contributed by atoms with E-state index >= 15 is 0 Å². The van der Waals surface area contributed by atoms with Gasteiger partial charge in [0.1, 0.15) is 5.75 Å². The standard InChI is InChI=1S/C19H16N2O/c1-13-19-17-7-5-3-4-6-14(17)12-18(19)21(20-13)15-8-10-16(22-2)11-9-15/h3-12H,1-2H3. The first-order valence-electron chi connectivity index (χ1n) is 7.29. The van der Waals surface area contributed by atoms with Crippen LogP contribution in [0.15, 0.2) is 60.7 Å². The highest BCUT2D eigenvalue weighted by Gasteiger charge is 2.17. The van der Waals surface area contributed by atoms with Crippen LogP contribution in [0.5, 0.6) is 5.75 Å². The van der Waals surface area contributed by atoms with Gasteiger partial charge in [-0.2, -0.15) is 5.10 Å². The Labute approximate surface area is 129 Å². The van der Waals surface area contributed by atoms with E-state index in [0.29, 0.717) is 0 Å². The van der Waals surface area contributed by atoms with Crippen molar-refractivity contribution in [3.63, 3.8) is 0 Å². The molecule has 0 atom stereocenters.